The number of carbonyl (C=O) groups is 1. The molecule has 1 amide bonds. The van der Waals surface area contributed by atoms with E-state index in [-0.39, 0.29) is 11.7 Å². The number of rotatable bonds is 4. The van der Waals surface area contributed by atoms with Gasteiger partial charge in [-0.15, -0.1) is 0 Å². The number of aliphatic hydroxyl groups is 1. The van der Waals surface area contributed by atoms with Crippen molar-refractivity contribution < 1.29 is 14.3 Å². The molecule has 1 heterocycles. The summed E-state index contributed by atoms with van der Waals surface area (Å²) in [5, 5.41) is 13.9. The standard InChI is InChI=1S/C18H18FN3O2/c1-10(17(23)11-2-4-13(19)5-3-11)21-18(24)16-9-12-8-14(20)6-7-15(12)22-16/h2-10,17,22-23H,20H2,1H3,(H,21,24). The second-order valence-electron chi connectivity index (χ2n) is 5.79. The third kappa shape index (κ3) is 3.23. The number of hydrogen-bond acceptors (Lipinski definition) is 3. The van der Waals surface area contributed by atoms with Gasteiger partial charge in [0.05, 0.1) is 12.1 Å². The summed E-state index contributed by atoms with van der Waals surface area (Å²) in [6.07, 6.45) is -0.936. The Morgan fingerprint density at radius 1 is 1.21 bits per heavy atom. The number of nitrogens with two attached hydrogens (primary N) is 1. The van der Waals surface area contributed by atoms with Crippen molar-refractivity contribution in [1.29, 1.82) is 0 Å². The fraction of sp³-hybridized carbons (Fsp3) is 0.167. The highest BCUT2D eigenvalue weighted by Gasteiger charge is 2.20. The smallest absolute Gasteiger partial charge is 0.268 e. The summed E-state index contributed by atoms with van der Waals surface area (Å²) in [7, 11) is 0. The van der Waals surface area contributed by atoms with Gasteiger partial charge in [-0.3, -0.25) is 4.79 Å². The van der Waals surface area contributed by atoms with Gasteiger partial charge in [0.2, 0.25) is 0 Å². The Morgan fingerprint density at radius 2 is 1.92 bits per heavy atom. The highest BCUT2D eigenvalue weighted by Crippen LogP contribution is 2.20. The second kappa shape index (κ2) is 6.33. The average Bonchev–Trinajstić information content (AvgIpc) is 2.98. The molecule has 0 saturated carbocycles. The highest BCUT2D eigenvalue weighted by atomic mass is 19.1. The number of aliphatic hydroxyl groups excluding tert-OH is 1. The van der Waals surface area contributed by atoms with Crippen molar-refractivity contribution in [3.63, 3.8) is 0 Å². The number of fused-ring (bicyclic) bond motifs is 1. The maximum atomic E-state index is 12.9. The van der Waals surface area contributed by atoms with Gasteiger partial charge < -0.3 is 21.1 Å². The fourth-order valence-corrected chi connectivity index (χ4v) is 2.59. The summed E-state index contributed by atoms with van der Waals surface area (Å²) >= 11 is 0. The van der Waals surface area contributed by atoms with Crippen LogP contribution in [0.1, 0.15) is 29.1 Å². The van der Waals surface area contributed by atoms with E-state index < -0.39 is 12.1 Å². The first-order valence-corrected chi connectivity index (χ1v) is 7.56. The maximum absolute atomic E-state index is 12.9. The van der Waals surface area contributed by atoms with Crippen molar-refractivity contribution in [2.75, 3.05) is 5.73 Å². The number of hydrogen-bond donors (Lipinski definition) is 4. The van der Waals surface area contributed by atoms with Gasteiger partial charge in [-0.25, -0.2) is 4.39 Å². The molecule has 1 aromatic heterocycles. The highest BCUT2D eigenvalue weighted by molar-refractivity contribution is 5.98. The van der Waals surface area contributed by atoms with Gasteiger partial charge in [0.1, 0.15) is 11.5 Å². The van der Waals surface area contributed by atoms with Crippen LogP contribution < -0.4 is 11.1 Å². The molecule has 0 radical (unpaired) electrons. The Bertz CT molecular complexity index is 874. The molecule has 124 valence electrons. The molecule has 0 aliphatic carbocycles. The van der Waals surface area contributed by atoms with E-state index in [0.717, 1.165) is 10.9 Å². The van der Waals surface area contributed by atoms with Crippen molar-refractivity contribution in [1.82, 2.24) is 10.3 Å². The van der Waals surface area contributed by atoms with Gasteiger partial charge in [-0.2, -0.15) is 0 Å². The third-order valence-electron chi connectivity index (χ3n) is 3.93. The van der Waals surface area contributed by atoms with Crippen molar-refractivity contribution in [3.8, 4) is 0 Å². The third-order valence-corrected chi connectivity index (χ3v) is 3.93. The molecule has 0 fully saturated rings. The minimum Gasteiger partial charge on any atom is -0.399 e. The zero-order valence-electron chi connectivity index (χ0n) is 13.1. The number of carbonyl (C=O) groups excluding carboxylic acids is 1. The summed E-state index contributed by atoms with van der Waals surface area (Å²) < 4.78 is 12.9. The average molecular weight is 327 g/mol. The molecule has 0 bridgehead atoms. The van der Waals surface area contributed by atoms with Gasteiger partial charge in [-0.1, -0.05) is 12.1 Å². The lowest BCUT2D eigenvalue weighted by Crippen LogP contribution is -2.37. The summed E-state index contributed by atoms with van der Waals surface area (Å²) in [6.45, 7) is 1.69. The Kier molecular flexibility index (Phi) is 4.22. The molecule has 2 aromatic carbocycles. The van der Waals surface area contributed by atoms with Crippen LogP contribution in [0.25, 0.3) is 10.9 Å². The number of nitrogens with one attached hydrogen (secondary N) is 2. The Morgan fingerprint density at radius 3 is 2.62 bits per heavy atom. The molecule has 2 atom stereocenters. The Labute approximate surface area is 138 Å². The van der Waals surface area contributed by atoms with E-state index in [1.165, 1.54) is 24.3 Å². The first kappa shape index (κ1) is 16.0. The van der Waals surface area contributed by atoms with Crippen LogP contribution in [0.15, 0.2) is 48.5 Å². The minimum atomic E-state index is -0.936. The SMILES string of the molecule is CC(NC(=O)c1cc2cc(N)ccc2[nH]1)C(O)c1ccc(F)cc1. The lowest BCUT2D eigenvalue weighted by molar-refractivity contribution is 0.0848. The molecule has 5 nitrogen and oxygen atoms in total. The lowest BCUT2D eigenvalue weighted by atomic mass is 10.0. The van der Waals surface area contributed by atoms with E-state index in [2.05, 4.69) is 10.3 Å². The lowest BCUT2D eigenvalue weighted by Gasteiger charge is -2.20. The van der Waals surface area contributed by atoms with Gasteiger partial charge in [0, 0.05) is 16.6 Å². The quantitative estimate of drug-likeness (QED) is 0.555. The summed E-state index contributed by atoms with van der Waals surface area (Å²) in [6, 6.07) is 12.0. The summed E-state index contributed by atoms with van der Waals surface area (Å²) in [5.41, 5.74) is 8.07. The zero-order valence-corrected chi connectivity index (χ0v) is 13.1. The molecule has 24 heavy (non-hydrogen) atoms. The molecule has 0 aliphatic rings. The summed E-state index contributed by atoms with van der Waals surface area (Å²) in [4.78, 5) is 15.4. The molecule has 0 aliphatic heterocycles. The van der Waals surface area contributed by atoms with Gasteiger partial charge in [0.15, 0.2) is 0 Å². The van der Waals surface area contributed by atoms with Gasteiger partial charge >= 0.3 is 0 Å². The molecule has 5 N–H and O–H groups in total. The van der Waals surface area contributed by atoms with E-state index >= 15 is 0 Å². The summed E-state index contributed by atoms with van der Waals surface area (Å²) in [5.74, 6) is -0.710. The predicted octanol–water partition coefficient (Wildman–Crippen LogP) is 2.74. The second-order valence-corrected chi connectivity index (χ2v) is 5.79. The van der Waals surface area contributed by atoms with Crippen LogP contribution in [-0.4, -0.2) is 22.0 Å². The number of H-pyrrole nitrogens is 1. The van der Waals surface area contributed by atoms with E-state index in [4.69, 9.17) is 5.73 Å². The molecule has 2 unspecified atom stereocenters. The van der Waals surface area contributed by atoms with Gasteiger partial charge in [0.25, 0.3) is 5.91 Å². The maximum Gasteiger partial charge on any atom is 0.268 e. The van der Waals surface area contributed by atoms with Crippen LogP contribution in [0.3, 0.4) is 0 Å². The van der Waals surface area contributed by atoms with E-state index in [1.807, 2.05) is 0 Å². The number of aromatic amines is 1. The minimum absolute atomic E-state index is 0.335. The van der Waals surface area contributed by atoms with Crippen molar-refractivity contribution in [2.45, 2.75) is 19.1 Å². The number of benzene rings is 2. The molecule has 0 spiro atoms. The van der Waals surface area contributed by atoms with Crippen LogP contribution in [0.5, 0.6) is 0 Å². The van der Waals surface area contributed by atoms with Crippen molar-refractivity contribution >= 4 is 22.5 Å². The molecule has 6 heteroatoms. The van der Waals surface area contributed by atoms with Crippen LogP contribution in [0, 0.1) is 5.82 Å². The van der Waals surface area contributed by atoms with E-state index in [1.54, 1.807) is 31.2 Å². The molecular weight excluding hydrogens is 309 g/mol. The Balaban J connectivity index is 1.73. The molecule has 0 saturated heterocycles. The van der Waals surface area contributed by atoms with Crippen molar-refractivity contribution in [2.24, 2.45) is 0 Å². The molecule has 3 rings (SSSR count). The zero-order chi connectivity index (χ0) is 17.3. The largest absolute Gasteiger partial charge is 0.399 e. The topological polar surface area (TPSA) is 91.1 Å². The first-order valence-electron chi connectivity index (χ1n) is 7.56. The van der Waals surface area contributed by atoms with E-state index in [0.29, 0.717) is 16.9 Å². The Hall–Kier alpha value is -2.86. The van der Waals surface area contributed by atoms with Gasteiger partial charge in [-0.05, 0) is 48.9 Å². The molecule has 3 aromatic rings. The van der Waals surface area contributed by atoms with Crippen LogP contribution in [0.4, 0.5) is 10.1 Å². The monoisotopic (exact) mass is 327 g/mol. The number of amides is 1. The predicted molar refractivity (Wildman–Crippen MR) is 91.0 cm³/mol. The van der Waals surface area contributed by atoms with E-state index in [9.17, 15) is 14.3 Å². The number of anilines is 1. The number of halogens is 1. The normalized spacial score (nSPS) is 13.6. The van der Waals surface area contributed by atoms with Crippen LogP contribution >= 0.6 is 0 Å². The number of nitrogen functional groups attached to an aromatic ring is 1. The first-order chi connectivity index (χ1) is 11.4. The number of aromatic nitrogens is 1. The van der Waals surface area contributed by atoms with Crippen LogP contribution in [0.2, 0.25) is 0 Å². The molecular formula is C18H18FN3O2. The van der Waals surface area contributed by atoms with Crippen molar-refractivity contribution in [3.05, 3.63) is 65.6 Å². The van der Waals surface area contributed by atoms with Crippen LogP contribution in [-0.2, 0) is 0 Å². The fourth-order valence-electron chi connectivity index (χ4n) is 2.59.